The summed E-state index contributed by atoms with van der Waals surface area (Å²) in [5.41, 5.74) is 2.48. The number of anilines is 1. The quantitative estimate of drug-likeness (QED) is 0.665. The molecule has 2 aromatic rings. The minimum absolute atomic E-state index is 0.0353. The van der Waals surface area contributed by atoms with Gasteiger partial charge in [0, 0.05) is 12.8 Å². The van der Waals surface area contributed by atoms with Crippen molar-refractivity contribution in [2.75, 3.05) is 19.0 Å². The second kappa shape index (κ2) is 8.97. The molecule has 1 fully saturated rings. The maximum Gasteiger partial charge on any atom is 0.235 e. The molecule has 0 spiro atoms. The number of benzene rings is 2. The Hall–Kier alpha value is -2.04. The summed E-state index contributed by atoms with van der Waals surface area (Å²) in [4.78, 5) is 13.3. The van der Waals surface area contributed by atoms with E-state index in [0.717, 1.165) is 31.2 Å². The van der Waals surface area contributed by atoms with Crippen LogP contribution in [0.5, 0.6) is 5.75 Å². The van der Waals surface area contributed by atoms with Gasteiger partial charge in [-0.1, -0.05) is 54.3 Å². The molecule has 0 unspecified atom stereocenters. The third-order valence-corrected chi connectivity index (χ3v) is 5.68. The maximum atomic E-state index is 13.3. The van der Waals surface area contributed by atoms with Crippen molar-refractivity contribution in [2.45, 2.75) is 51.0 Å². The van der Waals surface area contributed by atoms with E-state index in [1.807, 2.05) is 19.1 Å². The van der Waals surface area contributed by atoms with Crippen LogP contribution >= 0.6 is 11.6 Å². The van der Waals surface area contributed by atoms with Crippen molar-refractivity contribution in [3.63, 3.8) is 0 Å². The van der Waals surface area contributed by atoms with Gasteiger partial charge < -0.3 is 14.8 Å². The normalized spacial score (nSPS) is 16.6. The highest BCUT2D eigenvalue weighted by Gasteiger charge is 2.42. The van der Waals surface area contributed by atoms with Gasteiger partial charge in [0.05, 0.1) is 17.0 Å². The van der Waals surface area contributed by atoms with Gasteiger partial charge in [0.2, 0.25) is 5.91 Å². The van der Waals surface area contributed by atoms with E-state index in [1.165, 1.54) is 5.56 Å². The number of carbonyl (C=O) groups is 1. The Morgan fingerprint density at radius 2 is 1.96 bits per heavy atom. The predicted molar refractivity (Wildman–Crippen MR) is 113 cm³/mol. The molecule has 4 nitrogen and oxygen atoms in total. The van der Waals surface area contributed by atoms with Crippen molar-refractivity contribution in [2.24, 2.45) is 0 Å². The Kier molecular flexibility index (Phi) is 6.63. The Labute approximate surface area is 172 Å². The van der Waals surface area contributed by atoms with Crippen LogP contribution in [0, 0.1) is 6.92 Å². The molecule has 0 heterocycles. The van der Waals surface area contributed by atoms with E-state index in [-0.39, 0.29) is 12.0 Å². The van der Waals surface area contributed by atoms with Crippen LogP contribution in [0.1, 0.15) is 43.7 Å². The van der Waals surface area contributed by atoms with E-state index in [2.05, 4.69) is 30.4 Å². The number of nitrogens with one attached hydrogen (secondary N) is 1. The van der Waals surface area contributed by atoms with Gasteiger partial charge in [-0.05, 0) is 50.5 Å². The Balaban J connectivity index is 1.78. The third-order valence-electron chi connectivity index (χ3n) is 5.38. The molecule has 0 radical (unpaired) electrons. The minimum atomic E-state index is -0.472. The van der Waals surface area contributed by atoms with Crippen LogP contribution in [0.15, 0.2) is 42.5 Å². The van der Waals surface area contributed by atoms with Gasteiger partial charge >= 0.3 is 0 Å². The molecule has 1 aliphatic rings. The Bertz CT molecular complexity index is 830. The molecule has 1 atom stereocenters. The lowest BCUT2D eigenvalue weighted by atomic mass is 9.77. The van der Waals surface area contributed by atoms with Crippen molar-refractivity contribution < 1.29 is 14.3 Å². The SMILES string of the molecule is COC[C@@H](C)Oc1ccc(NC(=O)C2(c3cccc(C)c3)CCCC2)cc1Cl. The monoisotopic (exact) mass is 401 g/mol. The van der Waals surface area contributed by atoms with Crippen LogP contribution in [0.25, 0.3) is 0 Å². The van der Waals surface area contributed by atoms with Crippen molar-refractivity contribution in [1.29, 1.82) is 0 Å². The molecule has 0 bridgehead atoms. The van der Waals surface area contributed by atoms with E-state index < -0.39 is 5.41 Å². The Morgan fingerprint density at radius 3 is 2.61 bits per heavy atom. The van der Waals surface area contributed by atoms with Gasteiger partial charge in [-0.15, -0.1) is 0 Å². The summed E-state index contributed by atoms with van der Waals surface area (Å²) >= 11 is 6.37. The summed E-state index contributed by atoms with van der Waals surface area (Å²) < 4.78 is 10.9. The van der Waals surface area contributed by atoms with E-state index in [1.54, 1.807) is 19.2 Å². The van der Waals surface area contributed by atoms with E-state index in [0.29, 0.717) is 23.1 Å². The number of rotatable bonds is 7. The summed E-state index contributed by atoms with van der Waals surface area (Å²) in [6.45, 7) is 4.46. The van der Waals surface area contributed by atoms with Crippen molar-refractivity contribution in [3.05, 3.63) is 58.6 Å². The van der Waals surface area contributed by atoms with Crippen LogP contribution in [-0.4, -0.2) is 25.7 Å². The zero-order chi connectivity index (χ0) is 20.1. The number of methoxy groups -OCH3 is 1. The molecular weight excluding hydrogens is 374 g/mol. The number of carbonyl (C=O) groups excluding carboxylic acids is 1. The topological polar surface area (TPSA) is 47.6 Å². The largest absolute Gasteiger partial charge is 0.487 e. The Morgan fingerprint density at radius 1 is 1.21 bits per heavy atom. The molecule has 2 aromatic carbocycles. The molecule has 1 saturated carbocycles. The van der Waals surface area contributed by atoms with E-state index in [4.69, 9.17) is 21.1 Å². The highest BCUT2D eigenvalue weighted by atomic mass is 35.5. The highest BCUT2D eigenvalue weighted by molar-refractivity contribution is 6.32. The third kappa shape index (κ3) is 4.50. The smallest absolute Gasteiger partial charge is 0.235 e. The minimum Gasteiger partial charge on any atom is -0.487 e. The molecule has 1 amide bonds. The first kappa shape index (κ1) is 20.7. The molecular formula is C23H28ClNO3. The molecule has 0 aliphatic heterocycles. The molecule has 1 aliphatic carbocycles. The number of halogens is 1. The molecule has 3 rings (SSSR count). The predicted octanol–water partition coefficient (Wildman–Crippen LogP) is 5.51. The lowest BCUT2D eigenvalue weighted by molar-refractivity contribution is -0.121. The first-order valence-electron chi connectivity index (χ1n) is 9.78. The van der Waals surface area contributed by atoms with E-state index in [9.17, 15) is 4.79 Å². The average Bonchev–Trinajstić information content (AvgIpc) is 3.15. The summed E-state index contributed by atoms with van der Waals surface area (Å²) in [6, 6.07) is 13.7. The second-order valence-electron chi connectivity index (χ2n) is 7.64. The maximum absolute atomic E-state index is 13.3. The number of ether oxygens (including phenoxy) is 2. The summed E-state index contributed by atoms with van der Waals surface area (Å²) in [6.07, 6.45) is 3.75. The van der Waals surface area contributed by atoms with Crippen molar-refractivity contribution in [3.8, 4) is 5.75 Å². The van der Waals surface area contributed by atoms with E-state index >= 15 is 0 Å². The van der Waals surface area contributed by atoms with Gasteiger partial charge in [0.1, 0.15) is 11.9 Å². The zero-order valence-corrected chi connectivity index (χ0v) is 17.5. The zero-order valence-electron chi connectivity index (χ0n) is 16.8. The van der Waals surface area contributed by atoms with Crippen LogP contribution in [0.3, 0.4) is 0 Å². The molecule has 28 heavy (non-hydrogen) atoms. The number of aryl methyl sites for hydroxylation is 1. The first-order chi connectivity index (χ1) is 13.4. The number of hydrogen-bond donors (Lipinski definition) is 1. The van der Waals surface area contributed by atoms with Crippen molar-refractivity contribution >= 4 is 23.2 Å². The summed E-state index contributed by atoms with van der Waals surface area (Å²) in [5, 5.41) is 3.55. The van der Waals surface area contributed by atoms with Crippen LogP contribution in [0.2, 0.25) is 5.02 Å². The van der Waals surface area contributed by atoms with Crippen LogP contribution < -0.4 is 10.1 Å². The highest BCUT2D eigenvalue weighted by Crippen LogP contribution is 2.42. The van der Waals surface area contributed by atoms with Gasteiger partial charge in [-0.2, -0.15) is 0 Å². The lowest BCUT2D eigenvalue weighted by Gasteiger charge is -2.29. The second-order valence-corrected chi connectivity index (χ2v) is 8.05. The molecule has 5 heteroatoms. The molecule has 150 valence electrons. The van der Waals surface area contributed by atoms with Gasteiger partial charge in [0.15, 0.2) is 0 Å². The first-order valence-corrected chi connectivity index (χ1v) is 10.2. The standard InChI is InChI=1S/C23H28ClNO3/c1-16-7-6-8-18(13-16)23(11-4-5-12-23)22(26)25-19-9-10-21(20(24)14-19)28-17(2)15-27-3/h6-10,13-14,17H,4-5,11-12,15H2,1-3H3,(H,25,26)/t17-/m1/s1. The van der Waals surface area contributed by atoms with Gasteiger partial charge in [0.25, 0.3) is 0 Å². The fourth-order valence-corrected chi connectivity index (χ4v) is 4.20. The van der Waals surface area contributed by atoms with Crippen LogP contribution in [0.4, 0.5) is 5.69 Å². The fourth-order valence-electron chi connectivity index (χ4n) is 3.98. The lowest BCUT2D eigenvalue weighted by Crippen LogP contribution is -2.38. The average molecular weight is 402 g/mol. The van der Waals surface area contributed by atoms with Crippen molar-refractivity contribution in [1.82, 2.24) is 0 Å². The summed E-state index contributed by atoms with van der Waals surface area (Å²) in [7, 11) is 1.63. The van der Waals surface area contributed by atoms with Crippen LogP contribution in [-0.2, 0) is 14.9 Å². The van der Waals surface area contributed by atoms with Gasteiger partial charge in [-0.25, -0.2) is 0 Å². The summed E-state index contributed by atoms with van der Waals surface area (Å²) in [5.74, 6) is 0.617. The van der Waals surface area contributed by atoms with Gasteiger partial charge in [-0.3, -0.25) is 4.79 Å². The molecule has 0 saturated heterocycles. The number of hydrogen-bond acceptors (Lipinski definition) is 3. The molecule has 1 N–H and O–H groups in total. The molecule has 0 aromatic heterocycles. The number of amides is 1. The fraction of sp³-hybridized carbons (Fsp3) is 0.435.